The molecule has 3 unspecified atom stereocenters. The van der Waals surface area contributed by atoms with Crippen molar-refractivity contribution in [3.63, 3.8) is 0 Å². The van der Waals surface area contributed by atoms with E-state index in [-0.39, 0.29) is 5.41 Å². The van der Waals surface area contributed by atoms with Gasteiger partial charge in [0.15, 0.2) is 0 Å². The first-order valence-electron chi connectivity index (χ1n) is 6.02. The van der Waals surface area contributed by atoms with E-state index in [4.69, 9.17) is 0 Å². The van der Waals surface area contributed by atoms with Gasteiger partial charge < -0.3 is 5.11 Å². The summed E-state index contributed by atoms with van der Waals surface area (Å²) in [4.78, 5) is 0. The van der Waals surface area contributed by atoms with Crippen LogP contribution in [0.1, 0.15) is 59.8 Å². The van der Waals surface area contributed by atoms with Gasteiger partial charge >= 0.3 is 0 Å². The van der Waals surface area contributed by atoms with Crippen molar-refractivity contribution in [3.05, 3.63) is 0 Å². The Labute approximate surface area is 87.9 Å². The number of rotatable bonds is 0. The topological polar surface area (TPSA) is 20.2 Å². The van der Waals surface area contributed by atoms with Gasteiger partial charge in [-0.1, -0.05) is 27.2 Å². The molecular formula is C13H24O. The minimum atomic E-state index is -0.421. The van der Waals surface area contributed by atoms with Gasteiger partial charge in [0, 0.05) is 0 Å². The Balaban J connectivity index is 2.36. The molecule has 1 heteroatoms. The summed E-state index contributed by atoms with van der Waals surface area (Å²) < 4.78 is 0. The van der Waals surface area contributed by atoms with Crippen LogP contribution in [0.5, 0.6) is 0 Å². The van der Waals surface area contributed by atoms with E-state index in [0.717, 1.165) is 12.3 Å². The third-order valence-corrected chi connectivity index (χ3v) is 5.38. The Kier molecular flexibility index (Phi) is 2.06. The highest BCUT2D eigenvalue weighted by Crippen LogP contribution is 2.62. The molecule has 3 atom stereocenters. The Morgan fingerprint density at radius 1 is 1.00 bits per heavy atom. The van der Waals surface area contributed by atoms with Gasteiger partial charge in [0.25, 0.3) is 0 Å². The molecule has 0 saturated heterocycles. The van der Waals surface area contributed by atoms with Crippen molar-refractivity contribution in [2.75, 3.05) is 0 Å². The summed E-state index contributed by atoms with van der Waals surface area (Å²) in [6.07, 6.45) is 6.06. The highest BCUT2D eigenvalue weighted by atomic mass is 16.3. The van der Waals surface area contributed by atoms with Crippen LogP contribution in [0.15, 0.2) is 0 Å². The maximum Gasteiger partial charge on any atom is 0.0676 e. The summed E-state index contributed by atoms with van der Waals surface area (Å²) in [5.74, 6) is 0.721. The van der Waals surface area contributed by atoms with Crippen LogP contribution in [0.3, 0.4) is 0 Å². The van der Waals surface area contributed by atoms with E-state index >= 15 is 0 Å². The van der Waals surface area contributed by atoms with Crippen molar-refractivity contribution in [3.8, 4) is 0 Å². The molecule has 0 aromatic carbocycles. The van der Waals surface area contributed by atoms with Gasteiger partial charge in [-0.15, -0.1) is 0 Å². The van der Waals surface area contributed by atoms with Crippen LogP contribution in [0.2, 0.25) is 0 Å². The highest BCUT2D eigenvalue weighted by molar-refractivity contribution is 5.09. The van der Waals surface area contributed by atoms with Crippen molar-refractivity contribution < 1.29 is 5.11 Å². The lowest BCUT2D eigenvalue weighted by molar-refractivity contribution is -0.101. The molecule has 0 aromatic heterocycles. The average molecular weight is 196 g/mol. The summed E-state index contributed by atoms with van der Waals surface area (Å²) in [6, 6.07) is 0. The average Bonchev–Trinajstić information content (AvgIpc) is 2.23. The predicted molar refractivity (Wildman–Crippen MR) is 59.1 cm³/mol. The quantitative estimate of drug-likeness (QED) is 0.630. The normalized spacial score (nSPS) is 51.6. The van der Waals surface area contributed by atoms with E-state index in [2.05, 4.69) is 27.7 Å². The molecular weight excluding hydrogens is 172 g/mol. The molecule has 82 valence electrons. The van der Waals surface area contributed by atoms with E-state index in [1.165, 1.54) is 25.7 Å². The molecule has 0 aliphatic heterocycles. The lowest BCUT2D eigenvalue weighted by Gasteiger charge is -2.51. The van der Waals surface area contributed by atoms with Crippen molar-refractivity contribution in [1.82, 2.24) is 0 Å². The molecule has 2 aliphatic rings. The van der Waals surface area contributed by atoms with Crippen molar-refractivity contribution in [2.24, 2.45) is 16.7 Å². The Morgan fingerprint density at radius 3 is 2.21 bits per heavy atom. The summed E-state index contributed by atoms with van der Waals surface area (Å²) in [6.45, 7) is 9.13. The fourth-order valence-corrected chi connectivity index (χ4v) is 4.19. The van der Waals surface area contributed by atoms with Gasteiger partial charge in [0.1, 0.15) is 0 Å². The van der Waals surface area contributed by atoms with Crippen LogP contribution in [0.25, 0.3) is 0 Å². The molecule has 1 nitrogen and oxygen atoms in total. The number of hydrogen-bond acceptors (Lipinski definition) is 1. The van der Waals surface area contributed by atoms with Gasteiger partial charge in [0.2, 0.25) is 0 Å². The molecule has 1 N–H and O–H groups in total. The van der Waals surface area contributed by atoms with E-state index in [0.29, 0.717) is 5.41 Å². The van der Waals surface area contributed by atoms with Crippen LogP contribution < -0.4 is 0 Å². The van der Waals surface area contributed by atoms with Gasteiger partial charge in [0.05, 0.1) is 5.60 Å². The lowest BCUT2D eigenvalue weighted by atomic mass is 9.55. The maximum absolute atomic E-state index is 10.5. The fraction of sp³-hybridized carbons (Fsp3) is 1.00. The number of fused-ring (bicyclic) bond motifs is 1. The van der Waals surface area contributed by atoms with Crippen LogP contribution in [0.4, 0.5) is 0 Å². The van der Waals surface area contributed by atoms with Crippen molar-refractivity contribution >= 4 is 0 Å². The molecule has 2 rings (SSSR count). The number of aliphatic hydroxyl groups is 1. The second-order valence-corrected chi connectivity index (χ2v) is 6.62. The predicted octanol–water partition coefficient (Wildman–Crippen LogP) is 3.36. The zero-order valence-electron chi connectivity index (χ0n) is 10.1. The molecule has 0 aromatic rings. The van der Waals surface area contributed by atoms with E-state index in [1.807, 2.05) is 0 Å². The minimum Gasteiger partial charge on any atom is -0.390 e. The molecule has 2 fully saturated rings. The third-order valence-electron chi connectivity index (χ3n) is 5.38. The molecule has 14 heavy (non-hydrogen) atoms. The van der Waals surface area contributed by atoms with Crippen LogP contribution >= 0.6 is 0 Å². The maximum atomic E-state index is 10.5. The van der Waals surface area contributed by atoms with Crippen LogP contribution in [-0.4, -0.2) is 10.7 Å². The first-order chi connectivity index (χ1) is 6.30. The van der Waals surface area contributed by atoms with Gasteiger partial charge in [-0.2, -0.15) is 0 Å². The monoisotopic (exact) mass is 196 g/mol. The van der Waals surface area contributed by atoms with Crippen LogP contribution in [0, 0.1) is 16.7 Å². The fourth-order valence-electron chi connectivity index (χ4n) is 4.19. The van der Waals surface area contributed by atoms with Gasteiger partial charge in [-0.3, -0.25) is 0 Å². The second kappa shape index (κ2) is 2.75. The summed E-state index contributed by atoms with van der Waals surface area (Å²) in [5, 5.41) is 10.5. The first-order valence-corrected chi connectivity index (χ1v) is 6.02. The first kappa shape index (κ1) is 10.5. The highest BCUT2D eigenvalue weighted by Gasteiger charge is 2.59. The molecule has 0 amide bonds. The Bertz CT molecular complexity index is 242. The van der Waals surface area contributed by atoms with Crippen molar-refractivity contribution in [2.45, 2.75) is 65.4 Å². The standard InChI is InChI=1S/C13H24O/c1-11(2)7-5-8-12(3)10(11)6-9-13(12,4)14/h10,14H,5-9H2,1-4H3. The Hall–Kier alpha value is -0.0400. The summed E-state index contributed by atoms with van der Waals surface area (Å²) in [5.41, 5.74) is 0.192. The van der Waals surface area contributed by atoms with Crippen molar-refractivity contribution in [1.29, 1.82) is 0 Å². The third kappa shape index (κ3) is 1.18. The Morgan fingerprint density at radius 2 is 1.64 bits per heavy atom. The smallest absolute Gasteiger partial charge is 0.0676 e. The lowest BCUT2D eigenvalue weighted by Crippen LogP contribution is -2.49. The van der Waals surface area contributed by atoms with Gasteiger partial charge in [-0.05, 0) is 49.4 Å². The van der Waals surface area contributed by atoms with E-state index in [9.17, 15) is 5.11 Å². The molecule has 2 saturated carbocycles. The second-order valence-electron chi connectivity index (χ2n) is 6.62. The number of hydrogen-bond donors (Lipinski definition) is 1. The summed E-state index contributed by atoms with van der Waals surface area (Å²) in [7, 11) is 0. The van der Waals surface area contributed by atoms with Gasteiger partial charge in [-0.25, -0.2) is 0 Å². The van der Waals surface area contributed by atoms with E-state index < -0.39 is 5.60 Å². The molecule has 0 radical (unpaired) electrons. The van der Waals surface area contributed by atoms with Crippen LogP contribution in [-0.2, 0) is 0 Å². The molecule has 0 spiro atoms. The minimum absolute atomic E-state index is 0.175. The molecule has 2 aliphatic carbocycles. The zero-order chi connectivity index (χ0) is 10.6. The van der Waals surface area contributed by atoms with E-state index in [1.54, 1.807) is 0 Å². The SMILES string of the molecule is CC1(C)CCCC2(C)C1CCC2(C)O. The largest absolute Gasteiger partial charge is 0.390 e. The summed E-state index contributed by atoms with van der Waals surface area (Å²) >= 11 is 0. The zero-order valence-corrected chi connectivity index (χ0v) is 10.1. The molecule has 0 bridgehead atoms. The molecule has 0 heterocycles.